The maximum absolute atomic E-state index is 12.2. The molecule has 25 heavy (non-hydrogen) atoms. The number of nitrogens with one attached hydrogen (secondary N) is 1. The minimum absolute atomic E-state index is 0.0170. The van der Waals surface area contributed by atoms with Gasteiger partial charge in [-0.2, -0.15) is 0 Å². The summed E-state index contributed by atoms with van der Waals surface area (Å²) < 4.78 is 6.79. The lowest BCUT2D eigenvalue weighted by molar-refractivity contribution is 0.0521. The second-order valence-electron chi connectivity index (χ2n) is 6.98. The molecular weight excluding hydrogens is 322 g/mol. The molecule has 2 aliphatic rings. The van der Waals surface area contributed by atoms with Crippen molar-refractivity contribution in [2.45, 2.75) is 39.2 Å². The molecule has 8 heteroatoms. The van der Waals surface area contributed by atoms with E-state index in [-0.39, 0.29) is 24.4 Å². The van der Waals surface area contributed by atoms with E-state index in [1.807, 2.05) is 9.47 Å². The van der Waals surface area contributed by atoms with Crippen molar-refractivity contribution in [3.63, 3.8) is 0 Å². The number of amides is 2. The average Bonchev–Trinajstić information content (AvgIpc) is 3.18. The Kier molecular flexibility index (Phi) is 5.15. The number of piperidine rings is 1. The van der Waals surface area contributed by atoms with Crippen LogP contribution in [0.1, 0.15) is 49.6 Å². The van der Waals surface area contributed by atoms with Gasteiger partial charge in [0.1, 0.15) is 5.82 Å². The molecule has 0 aromatic carbocycles. The van der Waals surface area contributed by atoms with E-state index in [0.29, 0.717) is 24.8 Å². The Morgan fingerprint density at radius 3 is 2.68 bits per heavy atom. The standard InChI is InChI=1S/C17H27N5O3/c1-3-25-16(23)14-15(18)22(10-20-14)13-4-6-21(7-5-13)17(24)19-9-12-8-11(12)2/h10-13H,3-9,18H2,1-2H3,(H,19,24)/t11-,12-/m0/s1. The second kappa shape index (κ2) is 7.33. The molecule has 0 spiro atoms. The van der Waals surface area contributed by atoms with Crippen molar-refractivity contribution in [1.29, 1.82) is 0 Å². The number of likely N-dealkylation sites (tertiary alicyclic amines) is 1. The lowest BCUT2D eigenvalue weighted by atomic mass is 10.1. The van der Waals surface area contributed by atoms with Gasteiger partial charge in [0.05, 0.1) is 12.9 Å². The first-order valence-corrected chi connectivity index (χ1v) is 9.03. The first-order chi connectivity index (χ1) is 12.0. The van der Waals surface area contributed by atoms with Crippen molar-refractivity contribution in [1.82, 2.24) is 19.8 Å². The topological polar surface area (TPSA) is 102 Å². The molecule has 0 unspecified atom stereocenters. The fourth-order valence-corrected chi connectivity index (χ4v) is 3.38. The van der Waals surface area contributed by atoms with Crippen LogP contribution in [0.3, 0.4) is 0 Å². The molecule has 2 fully saturated rings. The number of aromatic nitrogens is 2. The minimum atomic E-state index is -0.495. The highest BCUT2D eigenvalue weighted by molar-refractivity contribution is 5.92. The molecule has 0 radical (unpaired) electrons. The number of nitrogens with two attached hydrogens (primary N) is 1. The van der Waals surface area contributed by atoms with Gasteiger partial charge in [-0.1, -0.05) is 6.92 Å². The Balaban J connectivity index is 1.52. The molecule has 2 amide bonds. The van der Waals surface area contributed by atoms with Crippen LogP contribution in [0.5, 0.6) is 0 Å². The van der Waals surface area contributed by atoms with Crippen LogP contribution >= 0.6 is 0 Å². The number of nitrogen functional groups attached to an aromatic ring is 1. The molecule has 1 aliphatic heterocycles. The average molecular weight is 349 g/mol. The van der Waals surface area contributed by atoms with Crippen LogP contribution in [0.4, 0.5) is 10.6 Å². The summed E-state index contributed by atoms with van der Waals surface area (Å²) in [7, 11) is 0. The summed E-state index contributed by atoms with van der Waals surface area (Å²) >= 11 is 0. The van der Waals surface area contributed by atoms with Crippen molar-refractivity contribution < 1.29 is 14.3 Å². The third kappa shape index (κ3) is 3.88. The number of imidazole rings is 1. The normalized spacial score (nSPS) is 23.4. The fourth-order valence-electron chi connectivity index (χ4n) is 3.38. The van der Waals surface area contributed by atoms with Gasteiger partial charge in [-0.3, -0.25) is 0 Å². The monoisotopic (exact) mass is 349 g/mol. The highest BCUT2D eigenvalue weighted by atomic mass is 16.5. The second-order valence-corrected chi connectivity index (χ2v) is 6.98. The summed E-state index contributed by atoms with van der Waals surface area (Å²) in [6.07, 6.45) is 4.38. The predicted octanol–water partition coefficient (Wildman–Crippen LogP) is 1.64. The zero-order chi connectivity index (χ0) is 18.0. The van der Waals surface area contributed by atoms with E-state index in [2.05, 4.69) is 17.2 Å². The third-order valence-corrected chi connectivity index (χ3v) is 5.24. The zero-order valence-electron chi connectivity index (χ0n) is 14.9. The smallest absolute Gasteiger partial charge is 0.360 e. The van der Waals surface area contributed by atoms with Crippen LogP contribution < -0.4 is 11.1 Å². The van der Waals surface area contributed by atoms with Gasteiger partial charge in [0.25, 0.3) is 0 Å². The third-order valence-electron chi connectivity index (χ3n) is 5.24. The van der Waals surface area contributed by atoms with E-state index in [0.717, 1.165) is 25.3 Å². The number of carbonyl (C=O) groups is 2. The number of ether oxygens (including phenoxy) is 1. The Morgan fingerprint density at radius 2 is 2.08 bits per heavy atom. The van der Waals surface area contributed by atoms with Gasteiger partial charge in [-0.25, -0.2) is 14.6 Å². The molecule has 1 saturated carbocycles. The minimum Gasteiger partial charge on any atom is -0.461 e. The molecule has 2 heterocycles. The van der Waals surface area contributed by atoms with Crippen molar-refractivity contribution in [3.8, 4) is 0 Å². The molecular formula is C17H27N5O3. The summed E-state index contributed by atoms with van der Waals surface area (Å²) in [5, 5.41) is 3.03. The molecule has 1 saturated heterocycles. The zero-order valence-corrected chi connectivity index (χ0v) is 14.9. The lowest BCUT2D eigenvalue weighted by Crippen LogP contribution is -2.45. The van der Waals surface area contributed by atoms with E-state index in [1.165, 1.54) is 6.42 Å². The maximum Gasteiger partial charge on any atom is 0.360 e. The largest absolute Gasteiger partial charge is 0.461 e. The van der Waals surface area contributed by atoms with Gasteiger partial charge < -0.3 is 25.3 Å². The van der Waals surface area contributed by atoms with Crippen molar-refractivity contribution >= 4 is 17.8 Å². The van der Waals surface area contributed by atoms with Crippen LogP contribution in [0.15, 0.2) is 6.33 Å². The predicted molar refractivity (Wildman–Crippen MR) is 93.1 cm³/mol. The van der Waals surface area contributed by atoms with Gasteiger partial charge in [0.2, 0.25) is 0 Å². The van der Waals surface area contributed by atoms with Gasteiger partial charge >= 0.3 is 12.0 Å². The van der Waals surface area contributed by atoms with Crippen molar-refractivity contribution in [3.05, 3.63) is 12.0 Å². The number of nitrogens with zero attached hydrogens (tertiary/aromatic N) is 3. The molecule has 1 aromatic heterocycles. The molecule has 138 valence electrons. The highest BCUT2D eigenvalue weighted by Crippen LogP contribution is 2.36. The van der Waals surface area contributed by atoms with Crippen LogP contribution in [0.2, 0.25) is 0 Å². The first kappa shape index (κ1) is 17.6. The van der Waals surface area contributed by atoms with Crippen molar-refractivity contribution in [2.24, 2.45) is 11.8 Å². The quantitative estimate of drug-likeness (QED) is 0.787. The van der Waals surface area contributed by atoms with Gasteiger partial charge in [-0.15, -0.1) is 0 Å². The van der Waals surface area contributed by atoms with E-state index in [4.69, 9.17) is 10.5 Å². The molecule has 0 bridgehead atoms. The molecule has 3 rings (SSSR count). The number of anilines is 1. The van der Waals surface area contributed by atoms with E-state index >= 15 is 0 Å². The lowest BCUT2D eigenvalue weighted by Gasteiger charge is -2.33. The van der Waals surface area contributed by atoms with Gasteiger partial charge in [-0.05, 0) is 38.0 Å². The Labute approximate surface area is 147 Å². The number of esters is 1. The summed E-state index contributed by atoms with van der Waals surface area (Å²) in [6, 6.07) is 0.159. The number of hydrogen-bond acceptors (Lipinski definition) is 5. The van der Waals surface area contributed by atoms with E-state index < -0.39 is 5.97 Å². The number of urea groups is 1. The Hall–Kier alpha value is -2.25. The number of carbonyl (C=O) groups excluding carboxylic acids is 2. The molecule has 1 aromatic rings. The van der Waals surface area contributed by atoms with Gasteiger partial charge in [0.15, 0.2) is 5.69 Å². The molecule has 3 N–H and O–H groups in total. The van der Waals surface area contributed by atoms with Crippen molar-refractivity contribution in [2.75, 3.05) is 32.0 Å². The summed E-state index contributed by atoms with van der Waals surface area (Å²) in [5.41, 5.74) is 6.23. The van der Waals surface area contributed by atoms with Crippen LogP contribution in [-0.2, 0) is 4.74 Å². The van der Waals surface area contributed by atoms with Gasteiger partial charge in [0, 0.05) is 25.7 Å². The fraction of sp³-hybridized carbons (Fsp3) is 0.706. The SMILES string of the molecule is CCOC(=O)c1ncn(C2CCN(C(=O)NC[C@@H]3C[C@@H]3C)CC2)c1N. The highest BCUT2D eigenvalue weighted by Gasteiger charge is 2.33. The van der Waals surface area contributed by atoms with E-state index in [9.17, 15) is 9.59 Å². The van der Waals surface area contributed by atoms with Crippen LogP contribution in [-0.4, -0.2) is 52.7 Å². The van der Waals surface area contributed by atoms with Crippen LogP contribution in [0.25, 0.3) is 0 Å². The number of hydrogen-bond donors (Lipinski definition) is 2. The van der Waals surface area contributed by atoms with Crippen LogP contribution in [0, 0.1) is 11.8 Å². The summed E-state index contributed by atoms with van der Waals surface area (Å²) in [6.45, 7) is 6.36. The Bertz CT molecular complexity index is 636. The molecule has 2 atom stereocenters. The number of rotatable bonds is 5. The Morgan fingerprint density at radius 1 is 1.40 bits per heavy atom. The summed E-state index contributed by atoms with van der Waals surface area (Å²) in [4.78, 5) is 30.0. The maximum atomic E-state index is 12.2. The molecule has 8 nitrogen and oxygen atoms in total. The molecule has 1 aliphatic carbocycles. The summed E-state index contributed by atoms with van der Waals surface area (Å²) in [5.74, 6) is 1.23. The van der Waals surface area contributed by atoms with E-state index in [1.54, 1.807) is 13.3 Å². The first-order valence-electron chi connectivity index (χ1n) is 9.03.